The third kappa shape index (κ3) is 6.64. The van der Waals surface area contributed by atoms with Crippen LogP contribution in [0.1, 0.15) is 86.8 Å². The topological polar surface area (TPSA) is 224 Å². The highest BCUT2D eigenvalue weighted by Crippen LogP contribution is 2.63. The predicted octanol–water partition coefficient (Wildman–Crippen LogP) is 1.97. The maximum atomic E-state index is 14.9. The molecular formula is C38H51NO14. The van der Waals surface area contributed by atoms with Crippen LogP contribution in [-0.2, 0) is 42.9 Å². The molecule has 1 saturated heterocycles. The van der Waals surface area contributed by atoms with Gasteiger partial charge in [-0.1, -0.05) is 44.2 Å². The minimum atomic E-state index is -2.32. The number of hydrogen-bond acceptors (Lipinski definition) is 14. The molecule has 15 nitrogen and oxygen atoms in total. The molecule has 53 heavy (non-hydrogen) atoms. The normalized spacial score (nSPS) is 35.8. The van der Waals surface area contributed by atoms with Crippen molar-refractivity contribution in [3.8, 4) is 0 Å². The third-order valence-electron chi connectivity index (χ3n) is 11.6. The number of nitrogens with one attached hydrogen (secondary N) is 1. The molecule has 292 valence electrons. The zero-order chi connectivity index (χ0) is 39.6. The van der Waals surface area contributed by atoms with Crippen molar-refractivity contribution < 1.29 is 68.1 Å². The van der Waals surface area contributed by atoms with Crippen LogP contribution < -0.4 is 5.32 Å². The first-order valence-electron chi connectivity index (χ1n) is 17.7. The second kappa shape index (κ2) is 13.8. The fourth-order valence-corrected chi connectivity index (χ4v) is 8.92. The van der Waals surface area contributed by atoms with Crippen molar-refractivity contribution in [1.82, 2.24) is 5.32 Å². The molecule has 1 aromatic carbocycles. The largest absolute Gasteiger partial charge is 0.456 e. The van der Waals surface area contributed by atoms with Gasteiger partial charge in [-0.05, 0) is 51.3 Å². The van der Waals surface area contributed by atoms with E-state index < -0.39 is 112 Å². The number of amides is 1. The van der Waals surface area contributed by atoms with Crippen molar-refractivity contribution in [3.05, 3.63) is 47.0 Å². The van der Waals surface area contributed by atoms with E-state index >= 15 is 0 Å². The number of fused-ring (bicyclic) bond motifs is 5. The highest BCUT2D eigenvalue weighted by molar-refractivity contribution is 5.95. The van der Waals surface area contributed by atoms with E-state index in [1.165, 1.54) is 27.7 Å². The first-order valence-corrected chi connectivity index (χ1v) is 17.7. The summed E-state index contributed by atoms with van der Waals surface area (Å²) in [5, 5.41) is 51.0. The van der Waals surface area contributed by atoms with Gasteiger partial charge in [-0.25, -0.2) is 9.59 Å². The number of ketones is 1. The van der Waals surface area contributed by atoms with Crippen LogP contribution in [0.2, 0.25) is 0 Å². The van der Waals surface area contributed by atoms with Crippen LogP contribution in [0.5, 0.6) is 0 Å². The van der Waals surface area contributed by atoms with E-state index in [9.17, 15) is 44.4 Å². The van der Waals surface area contributed by atoms with Gasteiger partial charge in [0.2, 0.25) is 0 Å². The van der Waals surface area contributed by atoms with Crippen LogP contribution in [0.3, 0.4) is 0 Å². The minimum absolute atomic E-state index is 0.0182. The Bertz CT molecular complexity index is 1680. The number of hydrogen-bond donors (Lipinski definition) is 5. The molecule has 1 aliphatic heterocycles. The highest BCUT2D eigenvalue weighted by atomic mass is 16.6. The summed E-state index contributed by atoms with van der Waals surface area (Å²) in [4.78, 5) is 66.9. The first kappa shape index (κ1) is 40.3. The molecule has 0 radical (unpaired) electrons. The molecule has 2 bridgehead atoms. The van der Waals surface area contributed by atoms with Gasteiger partial charge in [-0.3, -0.25) is 14.4 Å². The van der Waals surface area contributed by atoms with E-state index in [0.717, 1.165) is 13.8 Å². The lowest BCUT2D eigenvalue weighted by Crippen LogP contribution is -2.81. The quantitative estimate of drug-likeness (QED) is 0.153. The first-order chi connectivity index (χ1) is 24.4. The lowest BCUT2D eigenvalue weighted by Gasteiger charge is -2.67. The van der Waals surface area contributed by atoms with Gasteiger partial charge < -0.3 is 49.4 Å². The molecule has 1 heterocycles. The van der Waals surface area contributed by atoms with Crippen LogP contribution in [0.25, 0.3) is 0 Å². The Kier molecular flexibility index (Phi) is 10.5. The van der Waals surface area contributed by atoms with E-state index in [1.807, 2.05) is 0 Å². The second-order valence-electron chi connectivity index (χ2n) is 16.4. The molecule has 3 fully saturated rings. The van der Waals surface area contributed by atoms with E-state index in [4.69, 9.17) is 23.7 Å². The van der Waals surface area contributed by atoms with Crippen LogP contribution in [-0.4, -0.2) is 110 Å². The molecule has 0 unspecified atom stereocenters. The lowest BCUT2D eigenvalue weighted by molar-refractivity contribution is -0.346. The number of rotatable bonds is 7. The Labute approximate surface area is 307 Å². The van der Waals surface area contributed by atoms with Crippen LogP contribution in [0.15, 0.2) is 41.5 Å². The third-order valence-corrected chi connectivity index (χ3v) is 11.6. The predicted molar refractivity (Wildman–Crippen MR) is 184 cm³/mol. The Morgan fingerprint density at radius 3 is 2.15 bits per heavy atom. The lowest BCUT2D eigenvalue weighted by atomic mass is 9.44. The minimum Gasteiger partial charge on any atom is -0.456 e. The summed E-state index contributed by atoms with van der Waals surface area (Å²) in [6.07, 6.45) is -11.2. The number of aliphatic hydroxyl groups excluding tert-OH is 3. The van der Waals surface area contributed by atoms with Crippen molar-refractivity contribution >= 4 is 29.8 Å². The number of ether oxygens (including phenoxy) is 5. The van der Waals surface area contributed by atoms with Gasteiger partial charge in [-0.2, -0.15) is 0 Å². The van der Waals surface area contributed by atoms with E-state index in [0.29, 0.717) is 5.56 Å². The summed E-state index contributed by atoms with van der Waals surface area (Å²) in [7, 11) is 0. The van der Waals surface area contributed by atoms with Crippen molar-refractivity contribution in [3.63, 3.8) is 0 Å². The monoisotopic (exact) mass is 745 g/mol. The SMILES string of the molecule is CC(=O)O[C@H]1C(=O)[C@@]2(C)[C@H]([C@H](O)[C@]3(O)C[C@H](OC(=O)[C@H](O)[C@@H](NC(=O)OC(C)(C)C)c4ccccc4)C(C)=C1C3(C)C)[C@]1(OC(C)=O)CO[C@@H]1C[C@@H]2O. The number of benzene rings is 1. The summed E-state index contributed by atoms with van der Waals surface area (Å²) < 4.78 is 28.5. The van der Waals surface area contributed by atoms with Crippen LogP contribution >= 0.6 is 0 Å². The molecule has 0 aromatic heterocycles. The average molecular weight is 746 g/mol. The molecule has 5 N–H and O–H groups in total. The molecule has 4 aliphatic rings. The van der Waals surface area contributed by atoms with Crippen molar-refractivity contribution in [2.45, 2.75) is 135 Å². The zero-order valence-electron chi connectivity index (χ0n) is 31.5. The van der Waals surface area contributed by atoms with Crippen LogP contribution in [0.4, 0.5) is 4.79 Å². The molecule has 3 aliphatic carbocycles. The average Bonchev–Trinajstić information content (AvgIpc) is 3.04. The van der Waals surface area contributed by atoms with Gasteiger partial charge >= 0.3 is 24.0 Å². The van der Waals surface area contributed by atoms with Crippen molar-refractivity contribution in [2.24, 2.45) is 16.7 Å². The summed E-state index contributed by atoms with van der Waals surface area (Å²) in [5.74, 6) is -5.19. The van der Waals surface area contributed by atoms with E-state index in [2.05, 4.69) is 5.32 Å². The van der Waals surface area contributed by atoms with Crippen molar-refractivity contribution in [2.75, 3.05) is 6.61 Å². The molecule has 15 heteroatoms. The number of carbonyl (C=O) groups excluding carboxylic acids is 5. The number of esters is 3. The summed E-state index contributed by atoms with van der Waals surface area (Å²) >= 11 is 0. The Balaban J connectivity index is 1.62. The molecule has 5 rings (SSSR count). The molecular weight excluding hydrogens is 694 g/mol. The standard InChI is InChI=1S/C38H51NO14/c1-18-22(51-32(46)27(43)26(21-13-11-10-12-14-21)39-33(47)53-34(4,5)6)16-38(48)31(45)29-36(9,23(42)15-24-37(29,17-49-24)52-20(3)41)30(44)28(50-19(2)40)25(18)35(38,7)8/h10-14,22-24,26-29,31,42-43,45,48H,15-17H2,1-9H3,(H,39,47)/t22-,23-,24+,26-,27+,28+,29-,31-,36+,37-,38+/m0/s1. The van der Waals surface area contributed by atoms with Gasteiger partial charge in [0.15, 0.2) is 23.6 Å². The van der Waals surface area contributed by atoms with Gasteiger partial charge in [0.1, 0.15) is 23.4 Å². The molecule has 1 aromatic rings. The number of alkyl carbamates (subject to hydrolysis) is 1. The molecule has 0 spiro atoms. The number of Topliss-reactive ketones (excluding diaryl/α,β-unsaturated/α-hetero) is 1. The van der Waals surface area contributed by atoms with Gasteiger partial charge in [0.05, 0.1) is 30.3 Å². The van der Waals surface area contributed by atoms with Gasteiger partial charge in [-0.15, -0.1) is 0 Å². The van der Waals surface area contributed by atoms with Gasteiger partial charge in [0, 0.05) is 38.0 Å². The summed E-state index contributed by atoms with van der Waals surface area (Å²) in [6.45, 7) is 12.9. The van der Waals surface area contributed by atoms with E-state index in [-0.39, 0.29) is 24.2 Å². The maximum Gasteiger partial charge on any atom is 0.408 e. The van der Waals surface area contributed by atoms with Crippen molar-refractivity contribution in [1.29, 1.82) is 0 Å². The molecule has 1 amide bonds. The molecule has 11 atom stereocenters. The summed E-state index contributed by atoms with van der Waals surface area (Å²) in [5.41, 5.74) is -7.89. The Hall–Kier alpha value is -3.89. The Morgan fingerprint density at radius 1 is 1.00 bits per heavy atom. The fraction of sp³-hybridized carbons (Fsp3) is 0.658. The number of aliphatic hydroxyl groups is 4. The second-order valence-corrected chi connectivity index (χ2v) is 16.4. The van der Waals surface area contributed by atoms with Gasteiger partial charge in [0.25, 0.3) is 0 Å². The number of carbonyl (C=O) groups is 5. The maximum absolute atomic E-state index is 14.9. The Morgan fingerprint density at radius 2 is 1.62 bits per heavy atom. The van der Waals surface area contributed by atoms with E-state index in [1.54, 1.807) is 51.1 Å². The summed E-state index contributed by atoms with van der Waals surface area (Å²) in [6, 6.07) is 6.78. The fourth-order valence-electron chi connectivity index (χ4n) is 8.92. The molecule has 2 saturated carbocycles. The highest BCUT2D eigenvalue weighted by Gasteiger charge is 2.77. The smallest absolute Gasteiger partial charge is 0.408 e. The zero-order valence-corrected chi connectivity index (χ0v) is 31.5. The van der Waals surface area contributed by atoms with Crippen LogP contribution in [0, 0.1) is 16.7 Å².